The Morgan fingerprint density at radius 3 is 2.68 bits per heavy atom. The number of nitrogens with one attached hydrogen (secondary N) is 2. The SMILES string of the molecule is CNS(=O)(=O)c1cc(NC(=O)c2cnc3ccnn3c2C)ccc1C. The Kier molecular flexibility index (Phi) is 4.27. The summed E-state index contributed by atoms with van der Waals surface area (Å²) in [5, 5.41) is 6.83. The first-order valence-electron chi connectivity index (χ1n) is 7.48. The standard InChI is InChI=1S/C16H17N5O3S/c1-10-4-5-12(8-14(10)25(23,24)17-3)20-16(22)13-9-18-15-6-7-19-21(15)11(13)2/h4-9,17H,1-3H3,(H,20,22). The van der Waals surface area contributed by atoms with Crippen LogP contribution in [-0.2, 0) is 10.0 Å². The third-order valence-corrected chi connectivity index (χ3v) is 5.46. The van der Waals surface area contributed by atoms with Crippen molar-refractivity contribution in [2.45, 2.75) is 18.7 Å². The van der Waals surface area contributed by atoms with Gasteiger partial charge in [-0.15, -0.1) is 0 Å². The molecule has 0 saturated heterocycles. The molecule has 0 spiro atoms. The van der Waals surface area contributed by atoms with Crippen molar-refractivity contribution in [1.29, 1.82) is 0 Å². The number of benzene rings is 1. The molecule has 8 nitrogen and oxygen atoms in total. The second-order valence-corrected chi connectivity index (χ2v) is 7.36. The number of carbonyl (C=O) groups excluding carboxylic acids is 1. The van der Waals surface area contributed by atoms with Gasteiger partial charge in [0.2, 0.25) is 10.0 Å². The van der Waals surface area contributed by atoms with Gasteiger partial charge in [0.15, 0.2) is 5.65 Å². The Hall–Kier alpha value is -2.78. The lowest BCUT2D eigenvalue weighted by atomic mass is 10.2. The number of sulfonamides is 1. The van der Waals surface area contributed by atoms with E-state index in [4.69, 9.17) is 0 Å². The van der Waals surface area contributed by atoms with Crippen LogP contribution in [-0.4, -0.2) is 36.0 Å². The highest BCUT2D eigenvalue weighted by Gasteiger charge is 2.17. The maximum atomic E-state index is 12.6. The van der Waals surface area contributed by atoms with Crippen LogP contribution in [0.4, 0.5) is 5.69 Å². The van der Waals surface area contributed by atoms with E-state index in [0.29, 0.717) is 28.2 Å². The van der Waals surface area contributed by atoms with Gasteiger partial charge in [-0.05, 0) is 38.6 Å². The summed E-state index contributed by atoms with van der Waals surface area (Å²) in [5.41, 5.74) is 2.61. The van der Waals surface area contributed by atoms with Gasteiger partial charge < -0.3 is 5.32 Å². The molecule has 3 aromatic rings. The van der Waals surface area contributed by atoms with Gasteiger partial charge in [-0.1, -0.05) is 6.07 Å². The van der Waals surface area contributed by atoms with E-state index in [1.807, 2.05) is 0 Å². The van der Waals surface area contributed by atoms with Gasteiger partial charge in [-0.25, -0.2) is 22.6 Å². The van der Waals surface area contributed by atoms with Crippen molar-refractivity contribution in [2.75, 3.05) is 12.4 Å². The monoisotopic (exact) mass is 359 g/mol. The Balaban J connectivity index is 1.95. The van der Waals surface area contributed by atoms with Crippen molar-refractivity contribution in [3.05, 3.63) is 53.5 Å². The van der Waals surface area contributed by atoms with Gasteiger partial charge >= 0.3 is 0 Å². The topological polar surface area (TPSA) is 105 Å². The number of carbonyl (C=O) groups is 1. The third-order valence-electron chi connectivity index (χ3n) is 3.91. The van der Waals surface area contributed by atoms with Crippen LogP contribution in [0.2, 0.25) is 0 Å². The smallest absolute Gasteiger partial charge is 0.259 e. The molecule has 0 saturated carbocycles. The fourth-order valence-corrected chi connectivity index (χ4v) is 3.48. The molecule has 0 radical (unpaired) electrons. The third kappa shape index (κ3) is 3.11. The number of aromatic nitrogens is 3. The molecule has 2 heterocycles. The molecule has 0 aliphatic carbocycles. The molecule has 0 bridgehead atoms. The van der Waals surface area contributed by atoms with Crippen LogP contribution in [0.15, 0.2) is 41.6 Å². The number of nitrogens with zero attached hydrogens (tertiary/aromatic N) is 3. The Bertz CT molecular complexity index is 1070. The molecule has 130 valence electrons. The van der Waals surface area contributed by atoms with E-state index in [0.717, 1.165) is 0 Å². The summed E-state index contributed by atoms with van der Waals surface area (Å²) < 4.78 is 28.0. The summed E-state index contributed by atoms with van der Waals surface area (Å²) in [5.74, 6) is -0.390. The summed E-state index contributed by atoms with van der Waals surface area (Å²) in [6.07, 6.45) is 3.08. The summed E-state index contributed by atoms with van der Waals surface area (Å²) >= 11 is 0. The first kappa shape index (κ1) is 17.1. The van der Waals surface area contributed by atoms with Crippen LogP contribution in [0.3, 0.4) is 0 Å². The Labute approximate surface area is 144 Å². The van der Waals surface area contributed by atoms with Crippen molar-refractivity contribution in [1.82, 2.24) is 19.3 Å². The van der Waals surface area contributed by atoms with Gasteiger partial charge in [0.25, 0.3) is 5.91 Å². The van der Waals surface area contributed by atoms with E-state index in [1.165, 1.54) is 19.3 Å². The molecule has 1 aromatic carbocycles. The highest BCUT2D eigenvalue weighted by atomic mass is 32.2. The average Bonchev–Trinajstić information content (AvgIpc) is 3.06. The minimum atomic E-state index is -3.61. The van der Waals surface area contributed by atoms with Crippen LogP contribution < -0.4 is 10.0 Å². The predicted molar refractivity (Wildman–Crippen MR) is 93.1 cm³/mol. The maximum absolute atomic E-state index is 12.6. The molecule has 9 heteroatoms. The molecule has 0 aliphatic rings. The lowest BCUT2D eigenvalue weighted by Gasteiger charge is -2.11. The van der Waals surface area contributed by atoms with E-state index >= 15 is 0 Å². The normalized spacial score (nSPS) is 11.6. The maximum Gasteiger partial charge on any atom is 0.259 e. The Morgan fingerprint density at radius 2 is 1.96 bits per heavy atom. The van der Waals surface area contributed by atoms with Gasteiger partial charge in [-0.2, -0.15) is 5.10 Å². The van der Waals surface area contributed by atoms with Crippen molar-refractivity contribution in [3.8, 4) is 0 Å². The highest BCUT2D eigenvalue weighted by molar-refractivity contribution is 7.89. The summed E-state index contributed by atoms with van der Waals surface area (Å²) in [6.45, 7) is 3.46. The molecule has 0 aliphatic heterocycles. The minimum absolute atomic E-state index is 0.116. The van der Waals surface area contributed by atoms with Gasteiger partial charge in [0.1, 0.15) is 0 Å². The second kappa shape index (κ2) is 6.26. The molecule has 0 unspecified atom stereocenters. The van der Waals surface area contributed by atoms with Crippen molar-refractivity contribution >= 4 is 27.3 Å². The van der Waals surface area contributed by atoms with Crippen LogP contribution >= 0.6 is 0 Å². The van der Waals surface area contributed by atoms with Gasteiger partial charge in [0, 0.05) is 18.0 Å². The number of amides is 1. The molecule has 0 atom stereocenters. The lowest BCUT2D eigenvalue weighted by Crippen LogP contribution is -2.20. The number of anilines is 1. The number of aryl methyl sites for hydroxylation is 2. The predicted octanol–water partition coefficient (Wildman–Crippen LogP) is 1.51. The highest BCUT2D eigenvalue weighted by Crippen LogP contribution is 2.21. The van der Waals surface area contributed by atoms with Crippen LogP contribution in [0.5, 0.6) is 0 Å². The quantitative estimate of drug-likeness (QED) is 0.734. The molecule has 1 amide bonds. The van der Waals surface area contributed by atoms with E-state index < -0.39 is 10.0 Å². The fraction of sp³-hybridized carbons (Fsp3) is 0.188. The second-order valence-electron chi connectivity index (χ2n) is 5.50. The average molecular weight is 359 g/mol. The van der Waals surface area contributed by atoms with Crippen molar-refractivity contribution < 1.29 is 13.2 Å². The minimum Gasteiger partial charge on any atom is -0.322 e. The molecule has 2 aromatic heterocycles. The molecule has 2 N–H and O–H groups in total. The number of hydrogen-bond acceptors (Lipinski definition) is 5. The zero-order chi connectivity index (χ0) is 18.2. The van der Waals surface area contributed by atoms with Crippen LogP contribution in [0, 0.1) is 13.8 Å². The lowest BCUT2D eigenvalue weighted by molar-refractivity contribution is 0.102. The van der Waals surface area contributed by atoms with Crippen LogP contribution in [0.25, 0.3) is 5.65 Å². The molecule has 0 fully saturated rings. The summed E-state index contributed by atoms with van der Waals surface area (Å²) in [4.78, 5) is 16.9. The summed E-state index contributed by atoms with van der Waals surface area (Å²) in [7, 11) is -2.27. The first-order valence-corrected chi connectivity index (χ1v) is 8.96. The number of rotatable bonds is 4. The van der Waals surface area contributed by atoms with Gasteiger partial charge in [0.05, 0.1) is 22.3 Å². The first-order chi connectivity index (χ1) is 11.8. The van der Waals surface area contributed by atoms with E-state index in [9.17, 15) is 13.2 Å². The van der Waals surface area contributed by atoms with Crippen LogP contribution in [0.1, 0.15) is 21.6 Å². The summed E-state index contributed by atoms with van der Waals surface area (Å²) in [6, 6.07) is 6.45. The van der Waals surface area contributed by atoms with E-state index in [1.54, 1.807) is 42.8 Å². The number of fused-ring (bicyclic) bond motifs is 1. The molecular formula is C16H17N5O3S. The molecule has 25 heavy (non-hydrogen) atoms. The van der Waals surface area contributed by atoms with Crippen molar-refractivity contribution in [3.63, 3.8) is 0 Å². The van der Waals surface area contributed by atoms with Crippen molar-refractivity contribution in [2.24, 2.45) is 0 Å². The van der Waals surface area contributed by atoms with Gasteiger partial charge in [-0.3, -0.25) is 4.79 Å². The van der Waals surface area contributed by atoms with E-state index in [2.05, 4.69) is 20.1 Å². The zero-order valence-electron chi connectivity index (χ0n) is 13.9. The molecule has 3 rings (SSSR count). The largest absolute Gasteiger partial charge is 0.322 e. The zero-order valence-corrected chi connectivity index (χ0v) is 14.8. The van der Waals surface area contributed by atoms with E-state index in [-0.39, 0.29) is 10.8 Å². The fourth-order valence-electron chi connectivity index (χ4n) is 2.49. The number of hydrogen-bond donors (Lipinski definition) is 2. The molecular weight excluding hydrogens is 342 g/mol. The Morgan fingerprint density at radius 1 is 1.20 bits per heavy atom.